The van der Waals surface area contributed by atoms with Crippen LogP contribution in [0.25, 0.3) is 0 Å². The third kappa shape index (κ3) is 7.34. The smallest absolute Gasteiger partial charge is 0.00965 e. The van der Waals surface area contributed by atoms with Gasteiger partial charge in [-0.3, -0.25) is 0 Å². The lowest BCUT2D eigenvalue weighted by atomic mass is 10.1. The van der Waals surface area contributed by atoms with E-state index in [9.17, 15) is 0 Å². The Morgan fingerprint density at radius 1 is 1.29 bits per heavy atom. The molecule has 0 aliphatic carbocycles. The Morgan fingerprint density at radius 2 is 1.86 bits per heavy atom. The third-order valence-electron chi connectivity index (χ3n) is 2.69. The monoisotopic (exact) mass is 200 g/mol. The van der Waals surface area contributed by atoms with Crippen molar-refractivity contribution in [2.45, 2.75) is 59.0 Å². The highest BCUT2D eigenvalue weighted by Crippen LogP contribution is 2.02. The van der Waals surface area contributed by atoms with Crippen LogP contribution < -0.4 is 5.32 Å². The first kappa shape index (κ1) is 13.9. The van der Waals surface area contributed by atoms with Crippen LogP contribution in [-0.2, 0) is 0 Å². The number of rotatable bonds is 6. The molecule has 0 saturated carbocycles. The number of hydrogen-bond acceptors (Lipinski definition) is 2. The number of nitrogens with zero attached hydrogens (tertiary/aromatic N) is 1. The molecule has 0 saturated heterocycles. The second-order valence-corrected chi connectivity index (χ2v) is 5.27. The summed E-state index contributed by atoms with van der Waals surface area (Å²) in [5.74, 6) is 0. The van der Waals surface area contributed by atoms with Crippen molar-refractivity contribution in [2.75, 3.05) is 20.1 Å². The van der Waals surface area contributed by atoms with Crippen molar-refractivity contribution < 1.29 is 0 Å². The average Bonchev–Trinajstić information content (AvgIpc) is 2.09. The zero-order chi connectivity index (χ0) is 11.2. The molecule has 0 aliphatic heterocycles. The van der Waals surface area contributed by atoms with Gasteiger partial charge in [-0.1, -0.05) is 6.92 Å². The molecule has 14 heavy (non-hydrogen) atoms. The summed E-state index contributed by atoms with van der Waals surface area (Å²) < 4.78 is 0. The standard InChI is InChI=1S/C12H28N2/c1-7-11(2)14(6)10-8-9-13-12(3,4)5/h11,13H,7-10H2,1-6H3. The second-order valence-electron chi connectivity index (χ2n) is 5.27. The summed E-state index contributed by atoms with van der Waals surface area (Å²) in [6.45, 7) is 13.5. The minimum absolute atomic E-state index is 0.259. The van der Waals surface area contributed by atoms with E-state index in [1.807, 2.05) is 0 Å². The number of nitrogens with one attached hydrogen (secondary N) is 1. The predicted molar refractivity (Wildman–Crippen MR) is 64.8 cm³/mol. The van der Waals surface area contributed by atoms with E-state index in [4.69, 9.17) is 0 Å². The van der Waals surface area contributed by atoms with Gasteiger partial charge in [0.2, 0.25) is 0 Å². The molecule has 0 spiro atoms. The van der Waals surface area contributed by atoms with Crippen LogP contribution in [0.1, 0.15) is 47.5 Å². The topological polar surface area (TPSA) is 15.3 Å². The molecule has 86 valence electrons. The Bertz CT molecular complexity index is 138. The minimum Gasteiger partial charge on any atom is -0.312 e. The van der Waals surface area contributed by atoms with Gasteiger partial charge in [0.05, 0.1) is 0 Å². The molecule has 0 bridgehead atoms. The minimum atomic E-state index is 0.259. The van der Waals surface area contributed by atoms with E-state index < -0.39 is 0 Å². The lowest BCUT2D eigenvalue weighted by molar-refractivity contribution is 0.245. The summed E-state index contributed by atoms with van der Waals surface area (Å²) >= 11 is 0. The van der Waals surface area contributed by atoms with Gasteiger partial charge in [0.15, 0.2) is 0 Å². The molecule has 0 aromatic rings. The molecule has 0 aromatic heterocycles. The van der Waals surface area contributed by atoms with Crippen LogP contribution in [0.4, 0.5) is 0 Å². The molecule has 1 N–H and O–H groups in total. The second kappa shape index (κ2) is 6.41. The molecular formula is C12H28N2. The Hall–Kier alpha value is -0.0800. The van der Waals surface area contributed by atoms with Crippen molar-refractivity contribution in [1.29, 1.82) is 0 Å². The van der Waals surface area contributed by atoms with Crippen LogP contribution in [0.5, 0.6) is 0 Å². The van der Waals surface area contributed by atoms with Crippen LogP contribution in [0.3, 0.4) is 0 Å². The lowest BCUT2D eigenvalue weighted by Gasteiger charge is -2.25. The first-order valence-electron chi connectivity index (χ1n) is 5.82. The van der Waals surface area contributed by atoms with E-state index in [1.165, 1.54) is 19.4 Å². The van der Waals surface area contributed by atoms with Crippen LogP contribution >= 0.6 is 0 Å². The van der Waals surface area contributed by atoms with E-state index in [-0.39, 0.29) is 5.54 Å². The Balaban J connectivity index is 3.45. The highest BCUT2D eigenvalue weighted by Gasteiger charge is 2.09. The van der Waals surface area contributed by atoms with E-state index in [0.717, 1.165) is 6.54 Å². The van der Waals surface area contributed by atoms with Crippen LogP contribution in [0, 0.1) is 0 Å². The molecule has 0 heterocycles. The van der Waals surface area contributed by atoms with Crippen molar-refractivity contribution in [3.05, 3.63) is 0 Å². The molecule has 0 aromatic carbocycles. The fourth-order valence-corrected chi connectivity index (χ4v) is 1.32. The van der Waals surface area contributed by atoms with Crippen molar-refractivity contribution in [2.24, 2.45) is 0 Å². The maximum absolute atomic E-state index is 3.51. The quantitative estimate of drug-likeness (QED) is 0.663. The van der Waals surface area contributed by atoms with Gasteiger partial charge in [0.1, 0.15) is 0 Å². The van der Waals surface area contributed by atoms with E-state index in [0.29, 0.717) is 6.04 Å². The van der Waals surface area contributed by atoms with Gasteiger partial charge >= 0.3 is 0 Å². The van der Waals surface area contributed by atoms with Crippen LogP contribution in [0.15, 0.2) is 0 Å². The maximum atomic E-state index is 3.51. The Kier molecular flexibility index (Phi) is 6.38. The van der Waals surface area contributed by atoms with Gasteiger partial charge in [-0.05, 0) is 60.7 Å². The lowest BCUT2D eigenvalue weighted by Crippen LogP contribution is -2.38. The molecule has 1 unspecified atom stereocenters. The summed E-state index contributed by atoms with van der Waals surface area (Å²) in [5, 5.41) is 3.51. The van der Waals surface area contributed by atoms with Gasteiger partial charge in [-0.15, -0.1) is 0 Å². The summed E-state index contributed by atoms with van der Waals surface area (Å²) in [7, 11) is 2.21. The van der Waals surface area contributed by atoms with E-state index in [2.05, 4.69) is 51.9 Å². The van der Waals surface area contributed by atoms with Gasteiger partial charge in [-0.2, -0.15) is 0 Å². The molecule has 0 radical (unpaired) electrons. The van der Waals surface area contributed by atoms with Crippen molar-refractivity contribution in [1.82, 2.24) is 10.2 Å². The first-order valence-corrected chi connectivity index (χ1v) is 5.82. The predicted octanol–water partition coefficient (Wildman–Crippen LogP) is 2.49. The summed E-state index contributed by atoms with van der Waals surface area (Å²) in [5.41, 5.74) is 0.259. The maximum Gasteiger partial charge on any atom is 0.00965 e. The van der Waals surface area contributed by atoms with E-state index >= 15 is 0 Å². The van der Waals surface area contributed by atoms with Crippen molar-refractivity contribution in [3.8, 4) is 0 Å². The summed E-state index contributed by atoms with van der Waals surface area (Å²) in [6, 6.07) is 0.713. The molecule has 0 rings (SSSR count). The highest BCUT2D eigenvalue weighted by atomic mass is 15.1. The Labute approximate surface area is 90.1 Å². The van der Waals surface area contributed by atoms with Gasteiger partial charge < -0.3 is 10.2 Å². The third-order valence-corrected chi connectivity index (χ3v) is 2.69. The molecule has 2 nitrogen and oxygen atoms in total. The fraction of sp³-hybridized carbons (Fsp3) is 1.00. The number of hydrogen-bond donors (Lipinski definition) is 1. The molecule has 0 aliphatic rings. The largest absolute Gasteiger partial charge is 0.312 e. The Morgan fingerprint density at radius 3 is 2.29 bits per heavy atom. The zero-order valence-corrected chi connectivity index (χ0v) is 10.9. The normalized spacial score (nSPS) is 14.8. The fourth-order valence-electron chi connectivity index (χ4n) is 1.32. The van der Waals surface area contributed by atoms with E-state index in [1.54, 1.807) is 0 Å². The molecular weight excluding hydrogens is 172 g/mol. The van der Waals surface area contributed by atoms with Gasteiger partial charge in [-0.25, -0.2) is 0 Å². The first-order chi connectivity index (χ1) is 6.37. The van der Waals surface area contributed by atoms with Gasteiger partial charge in [0, 0.05) is 11.6 Å². The highest BCUT2D eigenvalue weighted by molar-refractivity contribution is 4.70. The van der Waals surface area contributed by atoms with Gasteiger partial charge in [0.25, 0.3) is 0 Å². The molecule has 0 fully saturated rings. The van der Waals surface area contributed by atoms with Crippen molar-refractivity contribution in [3.63, 3.8) is 0 Å². The summed E-state index contributed by atoms with van der Waals surface area (Å²) in [4.78, 5) is 2.43. The van der Waals surface area contributed by atoms with Crippen molar-refractivity contribution >= 4 is 0 Å². The zero-order valence-electron chi connectivity index (χ0n) is 10.9. The molecule has 1 atom stereocenters. The average molecular weight is 200 g/mol. The molecule has 0 amide bonds. The SMILES string of the molecule is CCC(C)N(C)CCCNC(C)(C)C. The summed E-state index contributed by atoms with van der Waals surface area (Å²) in [6.07, 6.45) is 2.47. The van der Waals surface area contributed by atoms with Crippen LogP contribution in [0.2, 0.25) is 0 Å². The van der Waals surface area contributed by atoms with Crippen LogP contribution in [-0.4, -0.2) is 36.6 Å². The molecule has 2 heteroatoms.